The van der Waals surface area contributed by atoms with E-state index in [-0.39, 0.29) is 31.6 Å². The highest BCUT2D eigenvalue weighted by atomic mass is 16.7. The summed E-state index contributed by atoms with van der Waals surface area (Å²) in [5, 5.41) is 0. The van der Waals surface area contributed by atoms with Gasteiger partial charge in [0.25, 0.3) is 0 Å². The molecule has 2 aliphatic heterocycles. The van der Waals surface area contributed by atoms with Gasteiger partial charge in [0.05, 0.1) is 18.7 Å². The minimum Gasteiger partial charge on any atom is -0.491 e. The zero-order valence-electron chi connectivity index (χ0n) is 15.0. The van der Waals surface area contributed by atoms with Crippen molar-refractivity contribution in [2.45, 2.75) is 13.0 Å². The molecule has 2 aliphatic rings. The van der Waals surface area contributed by atoms with Gasteiger partial charge >= 0.3 is 0 Å². The van der Waals surface area contributed by atoms with E-state index in [1.165, 1.54) is 4.90 Å². The summed E-state index contributed by atoms with van der Waals surface area (Å²) in [6.07, 6.45) is 0.244. The number of amides is 2. The normalized spacial score (nSPS) is 15.0. The number of fused-ring (bicyclic) bond motifs is 2. The number of hydrogen-bond donors (Lipinski definition) is 0. The smallest absolute Gasteiger partial charge is 0.242 e. The molecule has 0 radical (unpaired) electrons. The zero-order valence-corrected chi connectivity index (χ0v) is 15.0. The Balaban J connectivity index is 1.47. The molecule has 2 heterocycles. The van der Waals surface area contributed by atoms with Crippen LogP contribution >= 0.6 is 0 Å². The van der Waals surface area contributed by atoms with Crippen LogP contribution in [0.15, 0.2) is 42.5 Å². The molecule has 0 spiro atoms. The molecule has 0 saturated carbocycles. The van der Waals surface area contributed by atoms with Gasteiger partial charge in [0.15, 0.2) is 11.5 Å². The largest absolute Gasteiger partial charge is 0.491 e. The van der Waals surface area contributed by atoms with Crippen molar-refractivity contribution < 1.29 is 23.8 Å². The molecule has 0 fully saturated rings. The fourth-order valence-electron chi connectivity index (χ4n) is 3.15. The summed E-state index contributed by atoms with van der Waals surface area (Å²) < 4.78 is 16.3. The monoisotopic (exact) mass is 368 g/mol. The van der Waals surface area contributed by atoms with E-state index in [2.05, 4.69) is 0 Å². The van der Waals surface area contributed by atoms with Crippen molar-refractivity contribution in [1.82, 2.24) is 4.90 Å². The van der Waals surface area contributed by atoms with Gasteiger partial charge in [-0.2, -0.15) is 0 Å². The van der Waals surface area contributed by atoms with E-state index < -0.39 is 0 Å². The van der Waals surface area contributed by atoms with Gasteiger partial charge in [-0.05, 0) is 29.8 Å². The maximum atomic E-state index is 12.8. The lowest BCUT2D eigenvalue weighted by molar-refractivity contribution is -0.130. The summed E-state index contributed by atoms with van der Waals surface area (Å²) in [5.74, 6) is 1.73. The minimum absolute atomic E-state index is 0.0275. The van der Waals surface area contributed by atoms with Gasteiger partial charge in [-0.25, -0.2) is 0 Å². The highest BCUT2D eigenvalue weighted by molar-refractivity contribution is 6.00. The maximum absolute atomic E-state index is 12.8. The number of carbonyl (C=O) groups excluding carboxylic acids is 2. The third-order valence-corrected chi connectivity index (χ3v) is 4.61. The number of hydrogen-bond acceptors (Lipinski definition) is 5. The Labute approximate surface area is 157 Å². The molecule has 0 unspecified atom stereocenters. The van der Waals surface area contributed by atoms with Crippen LogP contribution in [0.5, 0.6) is 17.2 Å². The van der Waals surface area contributed by atoms with Crippen LogP contribution < -0.4 is 19.1 Å². The molecule has 140 valence electrons. The minimum atomic E-state index is -0.155. The summed E-state index contributed by atoms with van der Waals surface area (Å²) in [6, 6.07) is 12.9. The van der Waals surface area contributed by atoms with Crippen molar-refractivity contribution in [3.63, 3.8) is 0 Å². The maximum Gasteiger partial charge on any atom is 0.242 e. The molecule has 7 nitrogen and oxygen atoms in total. The standard InChI is InChI=1S/C20H20N2O5/c1-21(11-14-6-7-17-18(10-14)27-13-26-17)20(24)12-22-15-4-2-3-5-16(15)25-9-8-19(22)23/h2-7,10H,8-9,11-13H2,1H3. The Bertz CT molecular complexity index is 882. The Kier molecular flexibility index (Phi) is 4.58. The molecule has 27 heavy (non-hydrogen) atoms. The first kappa shape index (κ1) is 17.2. The summed E-state index contributed by atoms with van der Waals surface area (Å²) >= 11 is 0. The summed E-state index contributed by atoms with van der Waals surface area (Å²) in [6.45, 7) is 0.912. The van der Waals surface area contributed by atoms with Crippen LogP contribution in [0.3, 0.4) is 0 Å². The van der Waals surface area contributed by atoms with Gasteiger partial charge in [0, 0.05) is 13.6 Å². The van der Waals surface area contributed by atoms with E-state index in [0.717, 1.165) is 5.56 Å². The van der Waals surface area contributed by atoms with Gasteiger partial charge in [-0.3, -0.25) is 14.5 Å². The Morgan fingerprint density at radius 3 is 2.78 bits per heavy atom. The molecule has 0 aliphatic carbocycles. The summed E-state index contributed by atoms with van der Waals surface area (Å²) in [5.41, 5.74) is 1.56. The van der Waals surface area contributed by atoms with E-state index in [4.69, 9.17) is 14.2 Å². The summed E-state index contributed by atoms with van der Waals surface area (Å²) in [4.78, 5) is 28.3. The van der Waals surface area contributed by atoms with Crippen LogP contribution in [0.25, 0.3) is 0 Å². The number of benzene rings is 2. The third-order valence-electron chi connectivity index (χ3n) is 4.61. The SMILES string of the molecule is CN(Cc1ccc2c(c1)OCO2)C(=O)CN1C(=O)CCOc2ccccc21. The van der Waals surface area contributed by atoms with E-state index in [1.807, 2.05) is 36.4 Å². The first-order valence-electron chi connectivity index (χ1n) is 8.76. The van der Waals surface area contributed by atoms with Crippen molar-refractivity contribution in [2.24, 2.45) is 0 Å². The summed E-state index contributed by atoms with van der Waals surface area (Å²) in [7, 11) is 1.72. The lowest BCUT2D eigenvalue weighted by atomic mass is 10.2. The average Bonchev–Trinajstić information content (AvgIpc) is 3.08. The number of nitrogens with zero attached hydrogens (tertiary/aromatic N) is 2. The molecule has 2 aromatic carbocycles. The van der Waals surface area contributed by atoms with Crippen LogP contribution in [0, 0.1) is 0 Å². The number of anilines is 1. The van der Waals surface area contributed by atoms with Gasteiger partial charge in [-0.15, -0.1) is 0 Å². The van der Waals surface area contributed by atoms with Crippen LogP contribution in [0.4, 0.5) is 5.69 Å². The molecule has 4 rings (SSSR count). The molecule has 0 aromatic heterocycles. The Morgan fingerprint density at radius 2 is 1.89 bits per heavy atom. The molecular weight excluding hydrogens is 348 g/mol. The molecule has 7 heteroatoms. The average molecular weight is 368 g/mol. The van der Waals surface area contributed by atoms with Crippen LogP contribution in [-0.4, -0.2) is 43.7 Å². The fourth-order valence-corrected chi connectivity index (χ4v) is 3.15. The molecule has 0 saturated heterocycles. The lowest BCUT2D eigenvalue weighted by Crippen LogP contribution is -2.41. The molecule has 0 N–H and O–H groups in total. The van der Waals surface area contributed by atoms with Crippen molar-refractivity contribution >= 4 is 17.5 Å². The highest BCUT2D eigenvalue weighted by Gasteiger charge is 2.26. The van der Waals surface area contributed by atoms with E-state index in [9.17, 15) is 9.59 Å². The van der Waals surface area contributed by atoms with Crippen molar-refractivity contribution in [3.05, 3.63) is 48.0 Å². The first-order valence-corrected chi connectivity index (χ1v) is 8.76. The van der Waals surface area contributed by atoms with E-state index in [1.54, 1.807) is 18.0 Å². The molecule has 0 atom stereocenters. The second kappa shape index (κ2) is 7.19. The fraction of sp³-hybridized carbons (Fsp3) is 0.300. The topological polar surface area (TPSA) is 68.3 Å². The second-order valence-electron chi connectivity index (χ2n) is 6.48. The van der Waals surface area contributed by atoms with Crippen LogP contribution in [0.2, 0.25) is 0 Å². The molecule has 2 amide bonds. The van der Waals surface area contributed by atoms with Crippen molar-refractivity contribution in [1.29, 1.82) is 0 Å². The van der Waals surface area contributed by atoms with Gasteiger partial charge in [0.1, 0.15) is 12.3 Å². The van der Waals surface area contributed by atoms with Crippen molar-refractivity contribution in [3.8, 4) is 17.2 Å². The van der Waals surface area contributed by atoms with E-state index >= 15 is 0 Å². The number of rotatable bonds is 4. The van der Waals surface area contributed by atoms with Crippen LogP contribution in [0.1, 0.15) is 12.0 Å². The van der Waals surface area contributed by atoms with E-state index in [0.29, 0.717) is 36.1 Å². The molecule has 2 aromatic rings. The lowest BCUT2D eigenvalue weighted by Gasteiger charge is -2.25. The van der Waals surface area contributed by atoms with Crippen LogP contribution in [-0.2, 0) is 16.1 Å². The quantitative estimate of drug-likeness (QED) is 0.828. The van der Waals surface area contributed by atoms with Gasteiger partial charge in [-0.1, -0.05) is 18.2 Å². The number of carbonyl (C=O) groups is 2. The highest BCUT2D eigenvalue weighted by Crippen LogP contribution is 2.33. The third kappa shape index (κ3) is 3.53. The Morgan fingerprint density at radius 1 is 1.07 bits per heavy atom. The molecule has 0 bridgehead atoms. The number of para-hydroxylation sites is 2. The van der Waals surface area contributed by atoms with Gasteiger partial charge in [0.2, 0.25) is 18.6 Å². The predicted molar refractivity (Wildman–Crippen MR) is 97.9 cm³/mol. The second-order valence-corrected chi connectivity index (χ2v) is 6.48. The Hall–Kier alpha value is -3.22. The predicted octanol–water partition coefficient (Wildman–Crippen LogP) is 2.19. The number of likely N-dealkylation sites (N-methyl/N-ethyl adjacent to an activating group) is 1. The molecular formula is C20H20N2O5. The first-order chi connectivity index (χ1) is 13.1. The zero-order chi connectivity index (χ0) is 18.8. The number of ether oxygens (including phenoxy) is 3. The van der Waals surface area contributed by atoms with Crippen molar-refractivity contribution in [2.75, 3.05) is 31.9 Å². The van der Waals surface area contributed by atoms with Gasteiger partial charge < -0.3 is 19.1 Å².